The summed E-state index contributed by atoms with van der Waals surface area (Å²) >= 11 is 0. The number of carbonyl (C=O) groups is 1. The molecule has 8 heteroatoms. The second-order valence-electron chi connectivity index (χ2n) is 10.5. The summed E-state index contributed by atoms with van der Waals surface area (Å²) in [6.45, 7) is 3.95. The highest BCUT2D eigenvalue weighted by Crippen LogP contribution is 2.33. The van der Waals surface area contributed by atoms with Crippen molar-refractivity contribution >= 4 is 39.2 Å². The van der Waals surface area contributed by atoms with E-state index in [4.69, 9.17) is 4.98 Å². The maximum atomic E-state index is 13.4. The SMILES string of the molecule is CCn1ncc2c(NC3CCCCC3)c(C(=O)NCCNc3c4c(nc5ccccc35)CCCC4)cnc21. The molecule has 3 aromatic heterocycles. The van der Waals surface area contributed by atoms with E-state index in [1.54, 1.807) is 6.20 Å². The van der Waals surface area contributed by atoms with E-state index in [1.807, 2.05) is 16.9 Å². The maximum Gasteiger partial charge on any atom is 0.255 e. The molecule has 1 saturated carbocycles. The zero-order chi connectivity index (χ0) is 25.9. The molecule has 8 nitrogen and oxygen atoms in total. The van der Waals surface area contributed by atoms with Crippen LogP contribution in [-0.4, -0.2) is 44.8 Å². The molecule has 4 aromatic rings. The van der Waals surface area contributed by atoms with Gasteiger partial charge in [-0.2, -0.15) is 5.10 Å². The normalized spacial score (nSPS) is 15.9. The van der Waals surface area contributed by atoms with E-state index in [0.717, 1.165) is 59.9 Å². The van der Waals surface area contributed by atoms with Crippen LogP contribution in [0.2, 0.25) is 0 Å². The van der Waals surface area contributed by atoms with E-state index >= 15 is 0 Å². The topological polar surface area (TPSA) is 96.8 Å². The number of nitrogens with zero attached hydrogens (tertiary/aromatic N) is 4. The average molecular weight is 512 g/mol. The first-order chi connectivity index (χ1) is 18.7. The predicted molar refractivity (Wildman–Crippen MR) is 153 cm³/mol. The van der Waals surface area contributed by atoms with Crippen LogP contribution in [0.3, 0.4) is 0 Å². The van der Waals surface area contributed by atoms with Crippen LogP contribution in [-0.2, 0) is 19.4 Å². The molecule has 3 heterocycles. The van der Waals surface area contributed by atoms with Crippen molar-refractivity contribution in [3.8, 4) is 0 Å². The Hall–Kier alpha value is -3.68. The van der Waals surface area contributed by atoms with Gasteiger partial charge in [-0.15, -0.1) is 0 Å². The van der Waals surface area contributed by atoms with Gasteiger partial charge in [0.15, 0.2) is 5.65 Å². The number of fused-ring (bicyclic) bond motifs is 3. The van der Waals surface area contributed by atoms with Crippen molar-refractivity contribution in [2.24, 2.45) is 0 Å². The zero-order valence-corrected chi connectivity index (χ0v) is 22.2. The Balaban J connectivity index is 1.19. The maximum absolute atomic E-state index is 13.4. The van der Waals surface area contributed by atoms with Gasteiger partial charge in [-0.05, 0) is 57.1 Å². The summed E-state index contributed by atoms with van der Waals surface area (Å²) in [5.74, 6) is -0.106. The monoisotopic (exact) mass is 511 g/mol. The van der Waals surface area contributed by atoms with Gasteiger partial charge in [-0.3, -0.25) is 9.78 Å². The first kappa shape index (κ1) is 24.6. The Kier molecular flexibility index (Phi) is 7.12. The van der Waals surface area contributed by atoms with E-state index in [2.05, 4.69) is 51.2 Å². The highest BCUT2D eigenvalue weighted by Gasteiger charge is 2.22. The summed E-state index contributed by atoms with van der Waals surface area (Å²) in [7, 11) is 0. The highest BCUT2D eigenvalue weighted by atomic mass is 16.1. The van der Waals surface area contributed by atoms with Crippen molar-refractivity contribution in [2.75, 3.05) is 23.7 Å². The van der Waals surface area contributed by atoms with Crippen LogP contribution < -0.4 is 16.0 Å². The fourth-order valence-corrected chi connectivity index (χ4v) is 6.07. The van der Waals surface area contributed by atoms with Crippen LogP contribution in [0.15, 0.2) is 36.7 Å². The molecule has 1 aromatic carbocycles. The molecule has 2 aliphatic carbocycles. The lowest BCUT2D eigenvalue weighted by molar-refractivity contribution is 0.0955. The summed E-state index contributed by atoms with van der Waals surface area (Å²) in [4.78, 5) is 23.0. The minimum absolute atomic E-state index is 0.106. The minimum atomic E-state index is -0.106. The zero-order valence-electron chi connectivity index (χ0n) is 22.2. The molecule has 0 atom stereocenters. The van der Waals surface area contributed by atoms with Crippen molar-refractivity contribution in [2.45, 2.75) is 77.3 Å². The number of aryl methyl sites for hydroxylation is 2. The molecule has 0 radical (unpaired) electrons. The standard InChI is InChI=1S/C30H37N7O/c1-2-37-29-23(19-34-37)28(35-20-10-4-3-5-11-20)24(18-33-29)30(38)32-17-16-31-27-21-12-6-8-14-25(21)36-26-15-9-7-13-22(26)27/h6,8,12,14,18-20H,2-5,7,9-11,13,15-17H2,1H3,(H,31,36)(H,32,38)(H,33,35). The molecule has 3 N–H and O–H groups in total. The fraction of sp³-hybridized carbons (Fsp3) is 0.467. The highest BCUT2D eigenvalue weighted by molar-refractivity contribution is 6.06. The summed E-state index contributed by atoms with van der Waals surface area (Å²) in [5.41, 5.74) is 7.03. The Morgan fingerprint density at radius 1 is 0.974 bits per heavy atom. The van der Waals surface area contributed by atoms with Crippen LogP contribution >= 0.6 is 0 Å². The van der Waals surface area contributed by atoms with E-state index < -0.39 is 0 Å². The van der Waals surface area contributed by atoms with Gasteiger partial charge >= 0.3 is 0 Å². The molecule has 0 saturated heterocycles. The van der Waals surface area contributed by atoms with E-state index in [9.17, 15) is 4.79 Å². The van der Waals surface area contributed by atoms with Crippen LogP contribution in [0.5, 0.6) is 0 Å². The Morgan fingerprint density at radius 3 is 2.68 bits per heavy atom. The number of hydrogen-bond donors (Lipinski definition) is 3. The largest absolute Gasteiger partial charge is 0.382 e. The van der Waals surface area contributed by atoms with Gasteiger partial charge in [0.25, 0.3) is 5.91 Å². The third-order valence-electron chi connectivity index (χ3n) is 8.05. The molecule has 1 fully saturated rings. The number of aromatic nitrogens is 4. The number of para-hydroxylation sites is 1. The fourth-order valence-electron chi connectivity index (χ4n) is 6.07. The number of pyridine rings is 2. The van der Waals surface area contributed by atoms with Gasteiger partial charge < -0.3 is 16.0 Å². The Labute approximate surface area is 223 Å². The van der Waals surface area contributed by atoms with Crippen molar-refractivity contribution < 1.29 is 4.79 Å². The van der Waals surface area contributed by atoms with Gasteiger partial charge in [0.1, 0.15) is 0 Å². The number of carbonyl (C=O) groups excluding carboxylic acids is 1. The molecule has 0 spiro atoms. The second kappa shape index (κ2) is 11.0. The molecule has 198 valence electrons. The van der Waals surface area contributed by atoms with E-state index in [-0.39, 0.29) is 5.91 Å². The van der Waals surface area contributed by atoms with E-state index in [0.29, 0.717) is 24.7 Å². The Morgan fingerprint density at radius 2 is 1.82 bits per heavy atom. The molecule has 38 heavy (non-hydrogen) atoms. The summed E-state index contributed by atoms with van der Waals surface area (Å²) in [6.07, 6.45) is 14.0. The van der Waals surface area contributed by atoms with Crippen LogP contribution in [0.4, 0.5) is 11.4 Å². The minimum Gasteiger partial charge on any atom is -0.382 e. The lowest BCUT2D eigenvalue weighted by Crippen LogP contribution is -2.31. The van der Waals surface area contributed by atoms with E-state index in [1.165, 1.54) is 49.0 Å². The smallest absolute Gasteiger partial charge is 0.255 e. The second-order valence-corrected chi connectivity index (χ2v) is 10.5. The number of benzene rings is 1. The molecular formula is C30H37N7O. The number of anilines is 2. The lowest BCUT2D eigenvalue weighted by Gasteiger charge is -2.25. The number of nitrogens with one attached hydrogen (secondary N) is 3. The molecule has 1 amide bonds. The van der Waals surface area contributed by atoms with Gasteiger partial charge in [0.05, 0.1) is 28.4 Å². The van der Waals surface area contributed by atoms with Gasteiger partial charge in [0.2, 0.25) is 0 Å². The average Bonchev–Trinajstić information content (AvgIpc) is 3.39. The van der Waals surface area contributed by atoms with Crippen molar-refractivity contribution in [3.63, 3.8) is 0 Å². The quantitative estimate of drug-likeness (QED) is 0.272. The van der Waals surface area contributed by atoms with Gasteiger partial charge in [0, 0.05) is 48.6 Å². The van der Waals surface area contributed by atoms with Gasteiger partial charge in [-0.25, -0.2) is 9.67 Å². The summed E-state index contributed by atoms with van der Waals surface area (Å²) in [5, 5.41) is 17.1. The molecule has 0 unspecified atom stereocenters. The molecular weight excluding hydrogens is 474 g/mol. The molecule has 2 aliphatic rings. The first-order valence-corrected chi connectivity index (χ1v) is 14.3. The third kappa shape index (κ3) is 4.79. The molecule has 0 aliphatic heterocycles. The van der Waals surface area contributed by atoms with Crippen LogP contribution in [0.1, 0.15) is 73.5 Å². The number of amides is 1. The number of hydrogen-bond acceptors (Lipinski definition) is 6. The third-order valence-corrected chi connectivity index (χ3v) is 8.05. The Bertz CT molecular complexity index is 1450. The summed E-state index contributed by atoms with van der Waals surface area (Å²) < 4.78 is 1.88. The van der Waals surface area contributed by atoms with Gasteiger partial charge in [-0.1, -0.05) is 37.5 Å². The molecule has 0 bridgehead atoms. The van der Waals surface area contributed by atoms with Crippen molar-refractivity contribution in [1.29, 1.82) is 0 Å². The lowest BCUT2D eigenvalue weighted by atomic mass is 9.92. The van der Waals surface area contributed by atoms with Crippen molar-refractivity contribution in [1.82, 2.24) is 25.1 Å². The van der Waals surface area contributed by atoms with Crippen LogP contribution in [0.25, 0.3) is 21.9 Å². The van der Waals surface area contributed by atoms with Crippen molar-refractivity contribution in [3.05, 3.63) is 53.5 Å². The van der Waals surface area contributed by atoms with Crippen LogP contribution in [0, 0.1) is 0 Å². The summed E-state index contributed by atoms with van der Waals surface area (Å²) in [6, 6.07) is 8.71. The predicted octanol–water partition coefficient (Wildman–Crippen LogP) is 5.46. The molecule has 6 rings (SSSR count). The number of rotatable bonds is 8. The first-order valence-electron chi connectivity index (χ1n) is 14.3.